The lowest BCUT2D eigenvalue weighted by molar-refractivity contribution is -0.142. The molecule has 1 aliphatic heterocycles. The van der Waals surface area contributed by atoms with Gasteiger partial charge in [-0.2, -0.15) is 0 Å². The summed E-state index contributed by atoms with van der Waals surface area (Å²) in [5.41, 5.74) is 0.434. The summed E-state index contributed by atoms with van der Waals surface area (Å²) < 4.78 is 0. The molecule has 1 fully saturated rings. The number of carboxylic acid groups (broad SMARTS) is 1. The molecule has 1 atom stereocenters. The second-order valence-electron chi connectivity index (χ2n) is 6.31. The Morgan fingerprint density at radius 1 is 0.966 bits per heavy atom. The van der Waals surface area contributed by atoms with Gasteiger partial charge in [-0.25, -0.2) is 0 Å². The molecular weight excluding hydrogens is 441 g/mol. The minimum atomic E-state index is -1.13. The van der Waals surface area contributed by atoms with Crippen LogP contribution in [-0.2, 0) is 14.4 Å². The predicted molar refractivity (Wildman–Crippen MR) is 109 cm³/mol. The number of nitrogens with zero attached hydrogens (tertiary/aromatic N) is 1. The molecule has 1 amide bonds. The smallest absolute Gasteiger partial charge is 0.305 e. The lowest BCUT2D eigenvalue weighted by Gasteiger charge is -2.25. The molecule has 2 N–H and O–H groups in total. The van der Waals surface area contributed by atoms with Crippen LogP contribution in [0.25, 0.3) is 5.76 Å². The molecule has 0 aliphatic carbocycles. The van der Waals surface area contributed by atoms with E-state index in [4.69, 9.17) is 39.9 Å². The fraction of sp³-hybridized carbons (Fsp3) is 0.150. The number of amides is 1. The van der Waals surface area contributed by atoms with E-state index in [2.05, 4.69) is 0 Å². The van der Waals surface area contributed by atoms with Crippen LogP contribution in [0.3, 0.4) is 0 Å². The number of carboxylic acids is 1. The van der Waals surface area contributed by atoms with Gasteiger partial charge in [-0.05, 0) is 42.0 Å². The topological polar surface area (TPSA) is 94.9 Å². The molecule has 0 unspecified atom stereocenters. The number of carbonyl (C=O) groups is 3. The third kappa shape index (κ3) is 4.24. The molecule has 2 aromatic carbocycles. The first-order chi connectivity index (χ1) is 13.7. The molecule has 0 aromatic heterocycles. The first-order valence-corrected chi connectivity index (χ1v) is 9.55. The highest BCUT2D eigenvalue weighted by Gasteiger charge is 2.46. The quantitative estimate of drug-likeness (QED) is 0.393. The van der Waals surface area contributed by atoms with Crippen molar-refractivity contribution in [3.63, 3.8) is 0 Å². The Hall–Kier alpha value is -2.54. The average molecular weight is 455 g/mol. The maximum Gasteiger partial charge on any atom is 0.305 e. The van der Waals surface area contributed by atoms with Crippen LogP contribution < -0.4 is 0 Å². The summed E-state index contributed by atoms with van der Waals surface area (Å²) in [6.45, 7) is -0.235. The number of carbonyl (C=O) groups excluding carboxylic acids is 2. The number of Topliss-reactive ketones (excluding diaryl/α,β-unsaturated/α-hetero) is 1. The van der Waals surface area contributed by atoms with E-state index in [-0.39, 0.29) is 29.1 Å². The third-order valence-electron chi connectivity index (χ3n) is 4.48. The molecule has 1 aliphatic rings. The van der Waals surface area contributed by atoms with Crippen molar-refractivity contribution in [1.29, 1.82) is 0 Å². The second-order valence-corrected chi connectivity index (χ2v) is 7.59. The van der Waals surface area contributed by atoms with E-state index in [1.54, 1.807) is 0 Å². The Kier molecular flexibility index (Phi) is 6.17. The summed E-state index contributed by atoms with van der Waals surface area (Å²) in [7, 11) is 0. The van der Waals surface area contributed by atoms with Crippen molar-refractivity contribution in [3.05, 3.63) is 74.2 Å². The molecule has 1 saturated heterocycles. The van der Waals surface area contributed by atoms with Crippen LogP contribution in [0.1, 0.15) is 23.6 Å². The summed E-state index contributed by atoms with van der Waals surface area (Å²) in [4.78, 5) is 37.5. The van der Waals surface area contributed by atoms with Crippen molar-refractivity contribution in [3.8, 4) is 0 Å². The molecule has 0 bridgehead atoms. The summed E-state index contributed by atoms with van der Waals surface area (Å²) in [6.07, 6.45) is -0.379. The largest absolute Gasteiger partial charge is 0.507 e. The van der Waals surface area contributed by atoms with Gasteiger partial charge in [0.15, 0.2) is 0 Å². The van der Waals surface area contributed by atoms with Crippen molar-refractivity contribution in [2.24, 2.45) is 0 Å². The maximum atomic E-state index is 12.8. The predicted octanol–water partition coefficient (Wildman–Crippen LogP) is 4.54. The number of benzene rings is 2. The van der Waals surface area contributed by atoms with Crippen LogP contribution in [0.2, 0.25) is 15.1 Å². The number of rotatable bonds is 5. The Labute approximate surface area is 180 Å². The van der Waals surface area contributed by atoms with E-state index in [1.165, 1.54) is 42.5 Å². The highest BCUT2D eigenvalue weighted by molar-refractivity contribution is 6.47. The van der Waals surface area contributed by atoms with Crippen LogP contribution in [0, 0.1) is 0 Å². The van der Waals surface area contributed by atoms with Crippen LogP contribution in [0.5, 0.6) is 0 Å². The zero-order chi connectivity index (χ0) is 21.3. The number of halogens is 3. The van der Waals surface area contributed by atoms with Crippen molar-refractivity contribution < 1.29 is 24.6 Å². The maximum absolute atomic E-state index is 12.8. The number of hydrogen-bond donors (Lipinski definition) is 2. The van der Waals surface area contributed by atoms with Crippen molar-refractivity contribution in [2.45, 2.75) is 12.5 Å². The standard InChI is InChI=1S/C20H14Cl3NO5/c21-11-3-1-10(2-4-11)18(27)16-17(13-6-5-12(22)9-14(13)23)24(8-7-15(25)26)20(29)19(16)28/h1-6,9,17,27H,7-8H2,(H,25,26)/b18-16+/t17-/m0/s1. The van der Waals surface area contributed by atoms with E-state index in [0.717, 1.165) is 4.90 Å². The van der Waals surface area contributed by atoms with Gasteiger partial charge in [-0.3, -0.25) is 14.4 Å². The number of likely N-dealkylation sites (tertiary alicyclic amines) is 1. The van der Waals surface area contributed by atoms with Gasteiger partial charge in [0.05, 0.1) is 18.0 Å². The van der Waals surface area contributed by atoms with Gasteiger partial charge < -0.3 is 15.1 Å². The summed E-state index contributed by atoms with van der Waals surface area (Å²) in [6, 6.07) is 9.51. The van der Waals surface area contributed by atoms with Crippen LogP contribution in [0.15, 0.2) is 48.0 Å². The van der Waals surface area contributed by atoms with Crippen LogP contribution in [0.4, 0.5) is 0 Å². The number of aliphatic hydroxyl groups excluding tert-OH is 1. The van der Waals surface area contributed by atoms with E-state index < -0.39 is 29.5 Å². The van der Waals surface area contributed by atoms with Crippen LogP contribution >= 0.6 is 34.8 Å². The van der Waals surface area contributed by atoms with Gasteiger partial charge in [-0.15, -0.1) is 0 Å². The Bertz CT molecular complexity index is 1030. The highest BCUT2D eigenvalue weighted by atomic mass is 35.5. The number of hydrogen-bond acceptors (Lipinski definition) is 4. The molecule has 6 nitrogen and oxygen atoms in total. The number of ketones is 1. The van der Waals surface area contributed by atoms with E-state index in [0.29, 0.717) is 15.6 Å². The van der Waals surface area contributed by atoms with Gasteiger partial charge >= 0.3 is 5.97 Å². The van der Waals surface area contributed by atoms with Crippen LogP contribution in [-0.4, -0.2) is 39.3 Å². The Morgan fingerprint density at radius 2 is 1.59 bits per heavy atom. The van der Waals surface area contributed by atoms with Gasteiger partial charge in [-0.1, -0.05) is 40.9 Å². The summed E-state index contributed by atoms with van der Waals surface area (Å²) >= 11 is 18.1. The second kappa shape index (κ2) is 8.45. The molecule has 0 saturated carbocycles. The molecule has 2 aromatic rings. The first-order valence-electron chi connectivity index (χ1n) is 8.41. The van der Waals surface area contributed by atoms with E-state index >= 15 is 0 Å². The average Bonchev–Trinajstić information content (AvgIpc) is 2.91. The molecule has 0 radical (unpaired) electrons. The molecular formula is C20H14Cl3NO5. The van der Waals surface area contributed by atoms with Crippen molar-refractivity contribution in [1.82, 2.24) is 4.90 Å². The fourth-order valence-corrected chi connectivity index (χ4v) is 3.77. The van der Waals surface area contributed by atoms with Gasteiger partial charge in [0.2, 0.25) is 0 Å². The van der Waals surface area contributed by atoms with E-state index in [1.807, 2.05) is 0 Å². The molecule has 3 rings (SSSR count). The summed E-state index contributed by atoms with van der Waals surface area (Å²) in [5, 5.41) is 20.8. The number of aliphatic carboxylic acids is 1. The lowest BCUT2D eigenvalue weighted by atomic mass is 9.95. The normalized spacial score (nSPS) is 18.3. The SMILES string of the molecule is O=C(O)CCN1C(=O)C(=O)/C(=C(/O)c2ccc(Cl)cc2)[C@@H]1c1ccc(Cl)cc1Cl. The van der Waals surface area contributed by atoms with Gasteiger partial charge in [0.1, 0.15) is 5.76 Å². The fourth-order valence-electron chi connectivity index (χ4n) is 3.14. The Balaban J connectivity index is 2.19. The van der Waals surface area contributed by atoms with E-state index in [9.17, 15) is 19.5 Å². The number of aliphatic hydroxyl groups is 1. The lowest BCUT2D eigenvalue weighted by Crippen LogP contribution is -2.32. The monoisotopic (exact) mass is 453 g/mol. The Morgan fingerprint density at radius 3 is 2.17 bits per heavy atom. The zero-order valence-corrected chi connectivity index (χ0v) is 17.0. The minimum absolute atomic E-state index is 0.173. The third-order valence-corrected chi connectivity index (χ3v) is 5.30. The molecule has 9 heteroatoms. The molecule has 1 heterocycles. The minimum Gasteiger partial charge on any atom is -0.507 e. The van der Waals surface area contributed by atoms with Gasteiger partial charge in [0, 0.05) is 27.2 Å². The molecule has 0 spiro atoms. The molecule has 150 valence electrons. The van der Waals surface area contributed by atoms with Gasteiger partial charge in [0.25, 0.3) is 11.7 Å². The first kappa shape index (κ1) is 21.2. The molecule has 29 heavy (non-hydrogen) atoms. The van der Waals surface area contributed by atoms with Crippen molar-refractivity contribution >= 4 is 58.2 Å². The summed E-state index contributed by atoms with van der Waals surface area (Å²) in [5.74, 6) is -3.39. The zero-order valence-electron chi connectivity index (χ0n) is 14.7. The van der Waals surface area contributed by atoms with Crippen molar-refractivity contribution in [2.75, 3.05) is 6.54 Å². The highest BCUT2D eigenvalue weighted by Crippen LogP contribution is 2.42.